The number of fused-ring (bicyclic) bond motifs is 2. The van der Waals surface area contributed by atoms with Crippen LogP contribution in [0.15, 0.2) is 24.3 Å². The molecule has 1 aliphatic carbocycles. The lowest BCUT2D eigenvalue weighted by molar-refractivity contribution is -0.123. The van der Waals surface area contributed by atoms with Gasteiger partial charge in [0.1, 0.15) is 0 Å². The molecule has 3 rings (SSSR count). The molecule has 0 bridgehead atoms. The van der Waals surface area contributed by atoms with Crippen LogP contribution in [0.25, 0.3) is 11.6 Å². The molecule has 2 atom stereocenters. The number of nitrogens with two attached hydrogens (primary N) is 1. The zero-order valence-electron chi connectivity index (χ0n) is 10.3. The van der Waals surface area contributed by atoms with Crippen LogP contribution in [0.3, 0.4) is 0 Å². The molecule has 18 heavy (non-hydrogen) atoms. The van der Waals surface area contributed by atoms with Crippen LogP contribution in [0.5, 0.6) is 0 Å². The van der Waals surface area contributed by atoms with Gasteiger partial charge in [-0.15, -0.1) is 0 Å². The van der Waals surface area contributed by atoms with E-state index < -0.39 is 0 Å². The zero-order valence-corrected chi connectivity index (χ0v) is 10.3. The molecule has 3 heteroatoms. The van der Waals surface area contributed by atoms with Gasteiger partial charge in [0.2, 0.25) is 5.91 Å². The number of benzene rings is 1. The summed E-state index contributed by atoms with van der Waals surface area (Å²) in [7, 11) is 0. The summed E-state index contributed by atoms with van der Waals surface area (Å²) in [6.45, 7) is 0.608. The van der Waals surface area contributed by atoms with Gasteiger partial charge in [0.15, 0.2) is 0 Å². The molecule has 1 saturated carbocycles. The Labute approximate surface area is 106 Å². The number of rotatable bonds is 1. The maximum absolute atomic E-state index is 11.3. The Balaban J connectivity index is 2.07. The molecule has 1 aliphatic heterocycles. The minimum atomic E-state index is -0.195. The Morgan fingerprint density at radius 2 is 2.17 bits per heavy atom. The van der Waals surface area contributed by atoms with Gasteiger partial charge in [0.25, 0.3) is 0 Å². The summed E-state index contributed by atoms with van der Waals surface area (Å²) in [5, 5.41) is 2.52. The van der Waals surface area contributed by atoms with Crippen molar-refractivity contribution in [2.45, 2.75) is 25.4 Å². The lowest BCUT2D eigenvalue weighted by Crippen LogP contribution is -2.36. The average molecular weight is 243 g/mol. The Bertz CT molecular complexity index is 591. The predicted molar refractivity (Wildman–Crippen MR) is 69.8 cm³/mol. The summed E-state index contributed by atoms with van der Waals surface area (Å²) in [5.41, 5.74) is 6.74. The van der Waals surface area contributed by atoms with Crippen molar-refractivity contribution in [3.63, 3.8) is 0 Å². The Hall–Kier alpha value is -1.61. The molecular weight excluding hydrogens is 226 g/mol. The molecular formula is C15H17NO2. The van der Waals surface area contributed by atoms with E-state index in [9.17, 15) is 4.79 Å². The van der Waals surface area contributed by atoms with Gasteiger partial charge in [-0.2, -0.15) is 0 Å². The molecule has 0 radical (unpaired) electrons. The molecule has 2 N–H and O–H groups in total. The maximum Gasteiger partial charge on any atom is 0.220 e. The third-order valence-corrected chi connectivity index (χ3v) is 3.96. The Morgan fingerprint density at radius 1 is 1.33 bits per heavy atom. The van der Waals surface area contributed by atoms with E-state index in [1.165, 1.54) is 16.0 Å². The van der Waals surface area contributed by atoms with E-state index in [2.05, 4.69) is 24.3 Å². The summed E-state index contributed by atoms with van der Waals surface area (Å²) < 4.78 is 5.87. The molecule has 0 spiro atoms. The van der Waals surface area contributed by atoms with Crippen LogP contribution in [0.4, 0.5) is 0 Å². The standard InChI is InChI=1S/C15H17NO2/c16-15(17)11-5-6-13-12-4-2-1-3-10(12)7-8-18-14(13)9-11/h1-4,7,11,14H,5-6,8-9H2,(H2,16,17). The predicted octanol–water partition coefficient (Wildman–Crippen LogP) is 0.302. The number of primary amides is 1. The molecule has 0 aromatic heterocycles. The first-order valence-electron chi connectivity index (χ1n) is 6.45. The van der Waals surface area contributed by atoms with Crippen LogP contribution in [0, 0.1) is 5.92 Å². The topological polar surface area (TPSA) is 52.3 Å². The van der Waals surface area contributed by atoms with Crippen molar-refractivity contribution in [3.8, 4) is 0 Å². The van der Waals surface area contributed by atoms with E-state index in [4.69, 9.17) is 10.5 Å². The fourth-order valence-corrected chi connectivity index (χ4v) is 2.97. The summed E-state index contributed by atoms with van der Waals surface area (Å²) >= 11 is 0. The molecule has 2 aliphatic rings. The van der Waals surface area contributed by atoms with Gasteiger partial charge in [-0.3, -0.25) is 4.79 Å². The van der Waals surface area contributed by atoms with E-state index >= 15 is 0 Å². The third kappa shape index (κ3) is 1.95. The zero-order chi connectivity index (χ0) is 12.5. The SMILES string of the molecule is NC(=O)C1CCC2=c3ccccc3=CCOC2C1. The van der Waals surface area contributed by atoms with E-state index in [0.717, 1.165) is 19.3 Å². The number of hydrogen-bond acceptors (Lipinski definition) is 2. The van der Waals surface area contributed by atoms with Gasteiger partial charge in [0.05, 0.1) is 12.7 Å². The van der Waals surface area contributed by atoms with Crippen molar-refractivity contribution in [1.29, 1.82) is 0 Å². The van der Waals surface area contributed by atoms with Crippen LogP contribution in [-0.2, 0) is 9.53 Å². The van der Waals surface area contributed by atoms with Gasteiger partial charge in [-0.05, 0) is 35.3 Å². The Morgan fingerprint density at radius 3 is 3.00 bits per heavy atom. The number of ether oxygens (including phenoxy) is 1. The molecule has 0 saturated heterocycles. The number of amides is 1. The summed E-state index contributed by atoms with van der Waals surface area (Å²) in [4.78, 5) is 11.3. The second kappa shape index (κ2) is 4.58. The van der Waals surface area contributed by atoms with E-state index in [1.807, 2.05) is 6.07 Å². The van der Waals surface area contributed by atoms with Crippen LogP contribution in [0.1, 0.15) is 19.3 Å². The first kappa shape index (κ1) is 11.5. The second-order valence-corrected chi connectivity index (χ2v) is 5.01. The Kier molecular flexibility index (Phi) is 2.92. The lowest BCUT2D eigenvalue weighted by Gasteiger charge is -2.29. The summed E-state index contributed by atoms with van der Waals surface area (Å²) in [6.07, 6.45) is 4.64. The van der Waals surface area contributed by atoms with Gasteiger partial charge in [-0.25, -0.2) is 0 Å². The van der Waals surface area contributed by atoms with Crippen molar-refractivity contribution in [2.24, 2.45) is 11.7 Å². The highest BCUT2D eigenvalue weighted by Crippen LogP contribution is 2.31. The van der Waals surface area contributed by atoms with E-state index in [0.29, 0.717) is 6.61 Å². The van der Waals surface area contributed by atoms with Crippen molar-refractivity contribution in [2.75, 3.05) is 6.61 Å². The molecule has 2 unspecified atom stereocenters. The maximum atomic E-state index is 11.3. The molecule has 1 fully saturated rings. The van der Waals surface area contributed by atoms with Gasteiger partial charge >= 0.3 is 0 Å². The van der Waals surface area contributed by atoms with Crippen LogP contribution < -0.4 is 16.2 Å². The first-order valence-corrected chi connectivity index (χ1v) is 6.45. The second-order valence-electron chi connectivity index (χ2n) is 5.01. The highest BCUT2D eigenvalue weighted by Gasteiger charge is 2.30. The van der Waals surface area contributed by atoms with Gasteiger partial charge in [-0.1, -0.05) is 30.3 Å². The fourth-order valence-electron chi connectivity index (χ4n) is 2.97. The van der Waals surface area contributed by atoms with Crippen molar-refractivity contribution >= 4 is 17.6 Å². The van der Waals surface area contributed by atoms with E-state index in [-0.39, 0.29) is 17.9 Å². The van der Waals surface area contributed by atoms with E-state index in [1.54, 1.807) is 0 Å². The molecule has 1 aromatic rings. The van der Waals surface area contributed by atoms with Crippen molar-refractivity contribution in [1.82, 2.24) is 0 Å². The average Bonchev–Trinajstić information content (AvgIpc) is 2.57. The fraction of sp³-hybridized carbons (Fsp3) is 0.400. The highest BCUT2D eigenvalue weighted by atomic mass is 16.5. The van der Waals surface area contributed by atoms with Crippen molar-refractivity contribution in [3.05, 3.63) is 34.7 Å². The molecule has 94 valence electrons. The number of carbonyl (C=O) groups is 1. The molecule has 1 amide bonds. The smallest absolute Gasteiger partial charge is 0.220 e. The number of hydrogen-bond donors (Lipinski definition) is 1. The molecule has 1 heterocycles. The minimum Gasteiger partial charge on any atom is -0.370 e. The van der Waals surface area contributed by atoms with Crippen LogP contribution in [0.2, 0.25) is 0 Å². The number of carbonyl (C=O) groups excluding carboxylic acids is 1. The minimum absolute atomic E-state index is 0.0380. The highest BCUT2D eigenvalue weighted by molar-refractivity contribution is 5.77. The van der Waals surface area contributed by atoms with Gasteiger partial charge in [0, 0.05) is 5.92 Å². The molecule has 1 aromatic carbocycles. The quantitative estimate of drug-likeness (QED) is 0.771. The van der Waals surface area contributed by atoms with Gasteiger partial charge < -0.3 is 10.5 Å². The van der Waals surface area contributed by atoms with Crippen molar-refractivity contribution < 1.29 is 9.53 Å². The third-order valence-electron chi connectivity index (χ3n) is 3.96. The normalized spacial score (nSPS) is 26.6. The van der Waals surface area contributed by atoms with Crippen LogP contribution >= 0.6 is 0 Å². The summed E-state index contributed by atoms with van der Waals surface area (Å²) in [6, 6.07) is 8.37. The summed E-state index contributed by atoms with van der Waals surface area (Å²) in [5.74, 6) is -0.233. The molecule has 3 nitrogen and oxygen atoms in total. The lowest BCUT2D eigenvalue weighted by atomic mass is 9.82. The largest absolute Gasteiger partial charge is 0.370 e. The monoisotopic (exact) mass is 243 g/mol. The first-order chi connectivity index (χ1) is 8.75. The van der Waals surface area contributed by atoms with Crippen LogP contribution in [-0.4, -0.2) is 18.6 Å².